The fourth-order valence-electron chi connectivity index (χ4n) is 1.10. The summed E-state index contributed by atoms with van der Waals surface area (Å²) in [6.07, 6.45) is 6.16. The quantitative estimate of drug-likeness (QED) is 0.581. The van der Waals surface area contributed by atoms with E-state index in [9.17, 15) is 4.79 Å². The van der Waals surface area contributed by atoms with Gasteiger partial charge in [-0.15, -0.1) is 0 Å². The minimum absolute atomic E-state index is 0.260. The second-order valence-corrected chi connectivity index (χ2v) is 3.63. The van der Waals surface area contributed by atoms with Gasteiger partial charge in [0.2, 0.25) is 0 Å². The van der Waals surface area contributed by atoms with Gasteiger partial charge < -0.3 is 15.5 Å². The highest BCUT2D eigenvalue weighted by Crippen LogP contribution is 2.10. The van der Waals surface area contributed by atoms with Crippen molar-refractivity contribution in [1.82, 2.24) is 5.32 Å². The highest BCUT2D eigenvalue weighted by Gasteiger charge is 2.25. The molecular formula is C10H15NO3. The maximum Gasteiger partial charge on any atom is 0.251 e. The highest BCUT2D eigenvalue weighted by molar-refractivity contribution is 5.97. The van der Waals surface area contributed by atoms with Gasteiger partial charge in [0, 0.05) is 5.57 Å². The molecule has 78 valence electrons. The van der Waals surface area contributed by atoms with Crippen molar-refractivity contribution in [3.05, 3.63) is 23.8 Å². The topological polar surface area (TPSA) is 69.6 Å². The Labute approximate surface area is 82.9 Å². The summed E-state index contributed by atoms with van der Waals surface area (Å²) in [6.45, 7) is 1.02. The number of amides is 1. The van der Waals surface area contributed by atoms with E-state index in [1.165, 1.54) is 0 Å². The summed E-state index contributed by atoms with van der Waals surface area (Å²) in [5, 5.41) is 20.5. The lowest BCUT2D eigenvalue weighted by Gasteiger charge is -2.26. The number of allylic oxidation sites excluding steroid dienone is 2. The summed E-state index contributed by atoms with van der Waals surface area (Å²) in [5.41, 5.74) is -0.368. The van der Waals surface area contributed by atoms with Crippen LogP contribution in [0, 0.1) is 0 Å². The molecule has 4 nitrogen and oxygen atoms in total. The van der Waals surface area contributed by atoms with Crippen LogP contribution in [0.4, 0.5) is 0 Å². The molecule has 0 atom stereocenters. The number of aliphatic hydroxyl groups excluding tert-OH is 2. The molecular weight excluding hydrogens is 182 g/mol. The van der Waals surface area contributed by atoms with Gasteiger partial charge in [0.15, 0.2) is 0 Å². The summed E-state index contributed by atoms with van der Waals surface area (Å²) in [7, 11) is 0. The third kappa shape index (κ3) is 2.43. The molecule has 0 saturated carbocycles. The Balaban J connectivity index is 2.59. The molecule has 0 aromatic carbocycles. The van der Waals surface area contributed by atoms with E-state index in [4.69, 9.17) is 10.2 Å². The number of rotatable bonds is 4. The highest BCUT2D eigenvalue weighted by atomic mass is 16.3. The van der Waals surface area contributed by atoms with E-state index in [1.807, 2.05) is 6.08 Å². The van der Waals surface area contributed by atoms with Crippen LogP contribution in [0.1, 0.15) is 13.3 Å². The molecule has 4 heteroatoms. The Morgan fingerprint density at radius 3 is 2.64 bits per heavy atom. The van der Waals surface area contributed by atoms with Crippen LogP contribution in [-0.2, 0) is 4.79 Å². The summed E-state index contributed by atoms with van der Waals surface area (Å²) in [5.74, 6) is -0.260. The van der Waals surface area contributed by atoms with Crippen LogP contribution < -0.4 is 5.32 Å². The van der Waals surface area contributed by atoms with E-state index in [-0.39, 0.29) is 19.1 Å². The Morgan fingerprint density at radius 1 is 1.57 bits per heavy atom. The first-order chi connectivity index (χ1) is 6.61. The molecule has 0 bridgehead atoms. The fraction of sp³-hybridized carbons (Fsp3) is 0.500. The molecule has 0 spiro atoms. The third-order valence-electron chi connectivity index (χ3n) is 2.15. The molecule has 1 rings (SSSR count). The largest absolute Gasteiger partial charge is 0.394 e. The van der Waals surface area contributed by atoms with E-state index >= 15 is 0 Å². The van der Waals surface area contributed by atoms with E-state index in [2.05, 4.69) is 5.32 Å². The summed E-state index contributed by atoms with van der Waals surface area (Å²) in [4.78, 5) is 11.5. The molecule has 0 aromatic rings. The minimum Gasteiger partial charge on any atom is -0.394 e. The van der Waals surface area contributed by atoms with Crippen molar-refractivity contribution in [2.24, 2.45) is 0 Å². The van der Waals surface area contributed by atoms with E-state index in [0.29, 0.717) is 5.57 Å². The van der Waals surface area contributed by atoms with Gasteiger partial charge >= 0.3 is 0 Å². The predicted octanol–water partition coefficient (Wildman–Crippen LogP) is -0.268. The predicted molar refractivity (Wildman–Crippen MR) is 52.6 cm³/mol. The molecule has 14 heavy (non-hydrogen) atoms. The van der Waals surface area contributed by atoms with Crippen molar-refractivity contribution in [3.63, 3.8) is 0 Å². The van der Waals surface area contributed by atoms with E-state index < -0.39 is 5.54 Å². The number of aliphatic hydroxyl groups is 2. The van der Waals surface area contributed by atoms with Gasteiger partial charge in [0.1, 0.15) is 0 Å². The average Bonchev–Trinajstić information content (AvgIpc) is 2.70. The van der Waals surface area contributed by atoms with Crippen molar-refractivity contribution in [1.29, 1.82) is 0 Å². The lowest BCUT2D eigenvalue weighted by molar-refractivity contribution is -0.120. The normalized spacial score (nSPS) is 15.5. The van der Waals surface area contributed by atoms with Gasteiger partial charge in [-0.1, -0.05) is 18.2 Å². The maximum absolute atomic E-state index is 11.5. The zero-order valence-corrected chi connectivity index (χ0v) is 8.16. The molecule has 0 fully saturated rings. The standard InChI is InChI=1S/C10H15NO3/c1-10(6-12,7-13)11-9(14)8-4-2-3-5-8/h2,4-5,12-13H,3,6-7H2,1H3,(H,11,14). The molecule has 0 radical (unpaired) electrons. The van der Waals surface area contributed by atoms with Gasteiger partial charge in [0.05, 0.1) is 18.8 Å². The summed E-state index contributed by atoms with van der Waals surface area (Å²) < 4.78 is 0. The first kappa shape index (κ1) is 10.9. The number of hydrogen-bond acceptors (Lipinski definition) is 3. The van der Waals surface area contributed by atoms with Crippen LogP contribution >= 0.6 is 0 Å². The second-order valence-electron chi connectivity index (χ2n) is 3.63. The Kier molecular flexibility index (Phi) is 3.43. The third-order valence-corrected chi connectivity index (χ3v) is 2.15. The number of carbonyl (C=O) groups is 1. The summed E-state index contributed by atoms with van der Waals surface area (Å²) in [6, 6.07) is 0. The maximum atomic E-state index is 11.5. The van der Waals surface area contributed by atoms with Gasteiger partial charge in [-0.3, -0.25) is 4.79 Å². The Morgan fingerprint density at radius 2 is 2.21 bits per heavy atom. The van der Waals surface area contributed by atoms with Crippen molar-refractivity contribution in [2.75, 3.05) is 13.2 Å². The number of hydrogen-bond donors (Lipinski definition) is 3. The molecule has 0 unspecified atom stereocenters. The average molecular weight is 197 g/mol. The molecule has 1 amide bonds. The lowest BCUT2D eigenvalue weighted by atomic mass is 10.0. The minimum atomic E-state index is -0.950. The van der Waals surface area contributed by atoms with Gasteiger partial charge in [-0.2, -0.15) is 0 Å². The van der Waals surface area contributed by atoms with Gasteiger partial charge in [-0.05, 0) is 13.3 Å². The fourth-order valence-corrected chi connectivity index (χ4v) is 1.10. The molecule has 0 saturated heterocycles. The molecule has 3 N–H and O–H groups in total. The number of nitrogens with one attached hydrogen (secondary N) is 1. The van der Waals surface area contributed by atoms with E-state index in [0.717, 1.165) is 6.42 Å². The SMILES string of the molecule is CC(CO)(CO)NC(=O)C1=CCC=C1. The smallest absolute Gasteiger partial charge is 0.251 e. The zero-order valence-electron chi connectivity index (χ0n) is 8.16. The van der Waals surface area contributed by atoms with Gasteiger partial charge in [0.25, 0.3) is 5.91 Å². The monoisotopic (exact) mass is 197 g/mol. The lowest BCUT2D eigenvalue weighted by Crippen LogP contribution is -2.52. The van der Waals surface area contributed by atoms with Crippen LogP contribution in [0.25, 0.3) is 0 Å². The first-order valence-electron chi connectivity index (χ1n) is 4.52. The van der Waals surface area contributed by atoms with Crippen molar-refractivity contribution >= 4 is 5.91 Å². The Hall–Kier alpha value is -1.13. The molecule has 1 aliphatic carbocycles. The molecule has 0 aromatic heterocycles. The van der Waals surface area contributed by atoms with Crippen LogP contribution in [0.5, 0.6) is 0 Å². The molecule has 0 aliphatic heterocycles. The summed E-state index contributed by atoms with van der Waals surface area (Å²) >= 11 is 0. The van der Waals surface area contributed by atoms with Crippen LogP contribution in [0.15, 0.2) is 23.8 Å². The Bertz CT molecular complexity index is 277. The second kappa shape index (κ2) is 4.39. The first-order valence-corrected chi connectivity index (χ1v) is 4.52. The zero-order chi connectivity index (χ0) is 10.6. The van der Waals surface area contributed by atoms with Crippen LogP contribution in [0.2, 0.25) is 0 Å². The van der Waals surface area contributed by atoms with Crippen LogP contribution in [0.3, 0.4) is 0 Å². The molecule has 0 heterocycles. The van der Waals surface area contributed by atoms with Crippen LogP contribution in [-0.4, -0.2) is 34.9 Å². The number of carbonyl (C=O) groups excluding carboxylic acids is 1. The van der Waals surface area contributed by atoms with E-state index in [1.54, 1.807) is 19.1 Å². The molecule has 1 aliphatic rings. The van der Waals surface area contributed by atoms with Crippen molar-refractivity contribution < 1.29 is 15.0 Å². The van der Waals surface area contributed by atoms with Crippen molar-refractivity contribution in [2.45, 2.75) is 18.9 Å². The van der Waals surface area contributed by atoms with Gasteiger partial charge in [-0.25, -0.2) is 0 Å². The van der Waals surface area contributed by atoms with Crippen molar-refractivity contribution in [3.8, 4) is 0 Å².